The predicted octanol–water partition coefficient (Wildman–Crippen LogP) is 4.04. The van der Waals surface area contributed by atoms with E-state index in [4.69, 9.17) is 4.42 Å². The van der Waals surface area contributed by atoms with Crippen molar-refractivity contribution >= 4 is 11.8 Å². The van der Waals surface area contributed by atoms with Gasteiger partial charge in [0.1, 0.15) is 0 Å². The lowest BCUT2D eigenvalue weighted by atomic mass is 10.1. The summed E-state index contributed by atoms with van der Waals surface area (Å²) in [6.45, 7) is 4.01. The van der Waals surface area contributed by atoms with E-state index in [1.807, 2.05) is 31.2 Å². The summed E-state index contributed by atoms with van der Waals surface area (Å²) in [5.41, 5.74) is 3.21. The maximum atomic E-state index is 5.81. The van der Waals surface area contributed by atoms with E-state index in [-0.39, 0.29) is 0 Å². The molecule has 1 aromatic carbocycles. The van der Waals surface area contributed by atoms with Gasteiger partial charge < -0.3 is 4.42 Å². The minimum Gasteiger partial charge on any atom is -0.440 e. The first-order valence-corrected chi connectivity index (χ1v) is 7.64. The van der Waals surface area contributed by atoms with Crippen LogP contribution in [-0.4, -0.2) is 15.0 Å². The molecule has 0 unspecified atom stereocenters. The second-order valence-electron chi connectivity index (χ2n) is 4.70. The highest BCUT2D eigenvalue weighted by molar-refractivity contribution is 7.98. The average molecular weight is 297 g/mol. The van der Waals surface area contributed by atoms with Crippen LogP contribution in [0.5, 0.6) is 0 Å². The topological polar surface area (TPSA) is 51.8 Å². The molecule has 4 nitrogen and oxygen atoms in total. The Balaban J connectivity index is 1.72. The number of aryl methyl sites for hydroxylation is 2. The van der Waals surface area contributed by atoms with E-state index in [0.717, 1.165) is 22.2 Å². The maximum Gasteiger partial charge on any atom is 0.205 e. The summed E-state index contributed by atoms with van der Waals surface area (Å²) in [6.07, 6.45) is 3.54. The van der Waals surface area contributed by atoms with Gasteiger partial charge in [0.05, 0.1) is 11.9 Å². The lowest BCUT2D eigenvalue weighted by molar-refractivity contribution is 0.529. The van der Waals surface area contributed by atoms with E-state index < -0.39 is 0 Å². The van der Waals surface area contributed by atoms with Gasteiger partial charge in [-0.25, -0.2) is 15.0 Å². The largest absolute Gasteiger partial charge is 0.440 e. The fraction of sp³-hybridized carbons (Fsp3) is 0.188. The number of benzene rings is 1. The Bertz CT molecular complexity index is 755. The van der Waals surface area contributed by atoms with Crippen molar-refractivity contribution in [2.75, 3.05) is 0 Å². The number of hydrogen-bond donors (Lipinski definition) is 0. The molecule has 106 valence electrons. The highest BCUT2D eigenvalue weighted by Gasteiger charge is 2.09. The molecule has 2 heterocycles. The number of rotatable bonds is 4. The Labute approximate surface area is 127 Å². The zero-order valence-corrected chi connectivity index (χ0v) is 12.7. The Morgan fingerprint density at radius 2 is 1.95 bits per heavy atom. The average Bonchev–Trinajstić information content (AvgIpc) is 2.94. The Morgan fingerprint density at radius 1 is 1.10 bits per heavy atom. The SMILES string of the molecule is Cc1ccnc(SCc2ncc(-c3ccccc3C)o2)n1. The lowest BCUT2D eigenvalue weighted by Gasteiger charge is -2.00. The molecule has 3 aromatic rings. The molecule has 0 saturated carbocycles. The van der Waals surface area contributed by atoms with E-state index in [0.29, 0.717) is 11.6 Å². The van der Waals surface area contributed by atoms with E-state index in [1.165, 1.54) is 17.3 Å². The third-order valence-corrected chi connectivity index (χ3v) is 3.91. The van der Waals surface area contributed by atoms with Crippen LogP contribution < -0.4 is 0 Å². The first kappa shape index (κ1) is 13.8. The van der Waals surface area contributed by atoms with E-state index in [1.54, 1.807) is 12.4 Å². The summed E-state index contributed by atoms with van der Waals surface area (Å²) in [5.74, 6) is 2.10. The third-order valence-electron chi connectivity index (χ3n) is 3.06. The zero-order chi connectivity index (χ0) is 14.7. The lowest BCUT2D eigenvalue weighted by Crippen LogP contribution is -1.89. The van der Waals surface area contributed by atoms with Crippen molar-refractivity contribution in [3.63, 3.8) is 0 Å². The molecule has 0 spiro atoms. The molecular weight excluding hydrogens is 282 g/mol. The number of hydrogen-bond acceptors (Lipinski definition) is 5. The fourth-order valence-corrected chi connectivity index (χ4v) is 2.70. The predicted molar refractivity (Wildman–Crippen MR) is 83.0 cm³/mol. The van der Waals surface area contributed by atoms with Crippen molar-refractivity contribution < 1.29 is 4.42 Å². The molecule has 0 aliphatic rings. The van der Waals surface area contributed by atoms with Crippen molar-refractivity contribution in [3.05, 3.63) is 59.9 Å². The van der Waals surface area contributed by atoms with Crippen LogP contribution in [-0.2, 0) is 5.75 Å². The number of thioether (sulfide) groups is 1. The van der Waals surface area contributed by atoms with Crippen LogP contribution in [0, 0.1) is 13.8 Å². The number of nitrogens with zero attached hydrogens (tertiary/aromatic N) is 3. The van der Waals surface area contributed by atoms with Gasteiger partial charge in [-0.05, 0) is 25.5 Å². The van der Waals surface area contributed by atoms with Crippen molar-refractivity contribution in [1.82, 2.24) is 15.0 Å². The second-order valence-corrected chi connectivity index (χ2v) is 5.64. The highest BCUT2D eigenvalue weighted by atomic mass is 32.2. The standard InChI is InChI=1S/C16H15N3OS/c1-11-5-3-4-6-13(11)14-9-18-15(20-14)10-21-16-17-8-7-12(2)19-16/h3-9H,10H2,1-2H3. The minimum absolute atomic E-state index is 0.620. The molecule has 0 atom stereocenters. The summed E-state index contributed by atoms with van der Waals surface area (Å²) in [6, 6.07) is 10.00. The Morgan fingerprint density at radius 3 is 2.76 bits per heavy atom. The summed E-state index contributed by atoms with van der Waals surface area (Å²) < 4.78 is 5.81. The van der Waals surface area contributed by atoms with Crippen molar-refractivity contribution in [2.45, 2.75) is 24.8 Å². The van der Waals surface area contributed by atoms with Gasteiger partial charge in [0.25, 0.3) is 0 Å². The summed E-state index contributed by atoms with van der Waals surface area (Å²) in [4.78, 5) is 12.9. The minimum atomic E-state index is 0.620. The quantitative estimate of drug-likeness (QED) is 0.537. The number of aromatic nitrogens is 3. The van der Waals surface area contributed by atoms with Crippen LogP contribution in [0.15, 0.2) is 52.3 Å². The first-order valence-electron chi connectivity index (χ1n) is 6.65. The van der Waals surface area contributed by atoms with Gasteiger partial charge in [-0.2, -0.15) is 0 Å². The Kier molecular flexibility index (Phi) is 4.01. The van der Waals surface area contributed by atoms with Gasteiger partial charge >= 0.3 is 0 Å². The molecule has 0 amide bonds. The van der Waals surface area contributed by atoms with Crippen molar-refractivity contribution in [2.24, 2.45) is 0 Å². The van der Waals surface area contributed by atoms with E-state index >= 15 is 0 Å². The summed E-state index contributed by atoms with van der Waals surface area (Å²) in [5, 5.41) is 0.741. The normalized spacial score (nSPS) is 10.8. The van der Waals surface area contributed by atoms with E-state index in [2.05, 4.69) is 27.9 Å². The molecule has 0 bridgehead atoms. The second kappa shape index (κ2) is 6.10. The van der Waals surface area contributed by atoms with E-state index in [9.17, 15) is 0 Å². The van der Waals surface area contributed by atoms with Gasteiger partial charge in [-0.1, -0.05) is 36.0 Å². The maximum absolute atomic E-state index is 5.81. The molecule has 2 aromatic heterocycles. The smallest absolute Gasteiger partial charge is 0.205 e. The molecule has 3 rings (SSSR count). The molecule has 0 aliphatic heterocycles. The Hall–Kier alpha value is -2.14. The van der Waals surface area contributed by atoms with Gasteiger partial charge in [-0.15, -0.1) is 0 Å². The van der Waals surface area contributed by atoms with Gasteiger partial charge in [0.2, 0.25) is 5.89 Å². The molecule has 21 heavy (non-hydrogen) atoms. The first-order chi connectivity index (χ1) is 10.2. The van der Waals surface area contributed by atoms with Gasteiger partial charge in [0, 0.05) is 17.5 Å². The highest BCUT2D eigenvalue weighted by Crippen LogP contribution is 2.26. The summed E-state index contributed by atoms with van der Waals surface area (Å²) >= 11 is 1.52. The van der Waals surface area contributed by atoms with Gasteiger partial charge in [-0.3, -0.25) is 0 Å². The third kappa shape index (κ3) is 3.31. The molecule has 0 aliphatic carbocycles. The van der Waals surface area contributed by atoms with Crippen LogP contribution in [0.2, 0.25) is 0 Å². The summed E-state index contributed by atoms with van der Waals surface area (Å²) in [7, 11) is 0. The molecule has 0 fully saturated rings. The van der Waals surface area contributed by atoms with Crippen molar-refractivity contribution in [3.8, 4) is 11.3 Å². The molecule has 5 heteroatoms. The van der Waals surface area contributed by atoms with Crippen molar-refractivity contribution in [1.29, 1.82) is 0 Å². The van der Waals surface area contributed by atoms with Crippen LogP contribution >= 0.6 is 11.8 Å². The van der Waals surface area contributed by atoms with Gasteiger partial charge in [0.15, 0.2) is 10.9 Å². The van der Waals surface area contributed by atoms with Crippen LogP contribution in [0.4, 0.5) is 0 Å². The van der Waals surface area contributed by atoms with Crippen LogP contribution in [0.3, 0.4) is 0 Å². The fourth-order valence-electron chi connectivity index (χ4n) is 1.97. The molecular formula is C16H15N3OS. The monoisotopic (exact) mass is 297 g/mol. The van der Waals surface area contributed by atoms with Crippen LogP contribution in [0.1, 0.15) is 17.1 Å². The van der Waals surface area contributed by atoms with Crippen LogP contribution in [0.25, 0.3) is 11.3 Å². The molecule has 0 N–H and O–H groups in total. The zero-order valence-electron chi connectivity index (χ0n) is 11.9. The molecule has 0 radical (unpaired) electrons. The molecule has 0 saturated heterocycles. The number of oxazole rings is 1.